The predicted octanol–water partition coefficient (Wildman–Crippen LogP) is 4.63. The fourth-order valence-electron chi connectivity index (χ4n) is 2.77. The maximum absolute atomic E-state index is 14.4. The molecule has 27 heavy (non-hydrogen) atoms. The zero-order valence-corrected chi connectivity index (χ0v) is 14.9. The van der Waals surface area contributed by atoms with Gasteiger partial charge in [0.15, 0.2) is 0 Å². The Kier molecular flexibility index (Phi) is 5.61. The van der Waals surface area contributed by atoms with Crippen LogP contribution in [0, 0.1) is 5.82 Å². The molecule has 0 aliphatic rings. The van der Waals surface area contributed by atoms with E-state index in [9.17, 15) is 14.0 Å². The number of benzene rings is 3. The number of halogens is 1. The van der Waals surface area contributed by atoms with Crippen molar-refractivity contribution in [3.05, 3.63) is 95.8 Å². The van der Waals surface area contributed by atoms with Gasteiger partial charge in [-0.05, 0) is 35.9 Å². The van der Waals surface area contributed by atoms with Gasteiger partial charge in [-0.25, -0.2) is 4.39 Å². The van der Waals surface area contributed by atoms with Crippen LogP contribution in [0.15, 0.2) is 78.9 Å². The van der Waals surface area contributed by atoms with Gasteiger partial charge in [0.05, 0.1) is 12.1 Å². The average Bonchev–Trinajstić information content (AvgIpc) is 2.68. The molecule has 2 amide bonds. The van der Waals surface area contributed by atoms with Crippen LogP contribution in [0.25, 0.3) is 0 Å². The lowest BCUT2D eigenvalue weighted by Crippen LogP contribution is -2.31. The maximum Gasteiger partial charge on any atom is 0.261 e. The third-order valence-electron chi connectivity index (χ3n) is 4.01. The molecular weight excluding hydrogens is 343 g/mol. The lowest BCUT2D eigenvalue weighted by molar-refractivity contribution is -0.114. The zero-order chi connectivity index (χ0) is 19.2. The third kappa shape index (κ3) is 4.58. The Bertz CT molecular complexity index is 943. The summed E-state index contributed by atoms with van der Waals surface area (Å²) < 4.78 is 14.4. The summed E-state index contributed by atoms with van der Waals surface area (Å²) in [7, 11) is 0. The van der Waals surface area contributed by atoms with Crippen molar-refractivity contribution in [1.29, 1.82) is 0 Å². The number of rotatable bonds is 5. The number of hydrogen-bond donors (Lipinski definition) is 1. The van der Waals surface area contributed by atoms with Crippen LogP contribution in [0.5, 0.6) is 0 Å². The molecule has 5 heteroatoms. The van der Waals surface area contributed by atoms with E-state index in [4.69, 9.17) is 0 Å². The second kappa shape index (κ2) is 8.27. The van der Waals surface area contributed by atoms with Gasteiger partial charge in [-0.1, -0.05) is 48.5 Å². The zero-order valence-electron chi connectivity index (χ0n) is 14.9. The summed E-state index contributed by atoms with van der Waals surface area (Å²) in [5, 5.41) is 2.58. The molecule has 3 rings (SSSR count). The predicted molar refractivity (Wildman–Crippen MR) is 104 cm³/mol. The Morgan fingerprint density at radius 2 is 1.56 bits per heavy atom. The molecule has 4 nitrogen and oxygen atoms in total. The summed E-state index contributed by atoms with van der Waals surface area (Å²) in [4.78, 5) is 26.0. The molecule has 0 spiro atoms. The highest BCUT2D eigenvalue weighted by Crippen LogP contribution is 2.23. The number of carbonyl (C=O) groups excluding carboxylic acids is 2. The monoisotopic (exact) mass is 362 g/mol. The maximum atomic E-state index is 14.4. The molecule has 3 aromatic carbocycles. The van der Waals surface area contributed by atoms with Crippen molar-refractivity contribution >= 4 is 23.2 Å². The van der Waals surface area contributed by atoms with E-state index in [-0.39, 0.29) is 11.5 Å². The van der Waals surface area contributed by atoms with Gasteiger partial charge < -0.3 is 10.2 Å². The highest BCUT2D eigenvalue weighted by molar-refractivity contribution is 6.07. The van der Waals surface area contributed by atoms with Crippen LogP contribution in [-0.2, 0) is 11.3 Å². The Balaban J connectivity index is 1.99. The number of hydrogen-bond acceptors (Lipinski definition) is 2. The second-order valence-corrected chi connectivity index (χ2v) is 6.09. The number of amides is 2. The minimum absolute atomic E-state index is 0.0963. The highest BCUT2D eigenvalue weighted by Gasteiger charge is 2.22. The van der Waals surface area contributed by atoms with Crippen molar-refractivity contribution < 1.29 is 14.0 Å². The Hall–Kier alpha value is -3.47. The summed E-state index contributed by atoms with van der Waals surface area (Å²) in [6, 6.07) is 22.6. The molecule has 0 aliphatic heterocycles. The summed E-state index contributed by atoms with van der Waals surface area (Å²) in [5.41, 5.74) is 1.87. The number of anilines is 2. The van der Waals surface area contributed by atoms with Crippen molar-refractivity contribution in [2.45, 2.75) is 13.5 Å². The van der Waals surface area contributed by atoms with E-state index in [1.807, 2.05) is 48.5 Å². The van der Waals surface area contributed by atoms with Crippen LogP contribution < -0.4 is 10.2 Å². The molecule has 0 aromatic heterocycles. The Labute approximate surface area is 157 Å². The van der Waals surface area contributed by atoms with Crippen molar-refractivity contribution in [3.63, 3.8) is 0 Å². The number of nitrogens with zero attached hydrogens (tertiary/aromatic N) is 1. The van der Waals surface area contributed by atoms with Gasteiger partial charge in [0.2, 0.25) is 5.91 Å². The Morgan fingerprint density at radius 1 is 0.926 bits per heavy atom. The molecule has 0 atom stereocenters. The van der Waals surface area contributed by atoms with Crippen molar-refractivity contribution in [3.8, 4) is 0 Å². The van der Waals surface area contributed by atoms with E-state index in [2.05, 4.69) is 5.32 Å². The Morgan fingerprint density at radius 3 is 2.19 bits per heavy atom. The first kappa shape index (κ1) is 18.3. The van der Waals surface area contributed by atoms with Gasteiger partial charge in [0.25, 0.3) is 5.91 Å². The highest BCUT2D eigenvalue weighted by atomic mass is 19.1. The van der Waals surface area contributed by atoms with E-state index in [0.717, 1.165) is 5.56 Å². The van der Waals surface area contributed by atoms with Crippen LogP contribution in [0.2, 0.25) is 0 Å². The van der Waals surface area contributed by atoms with E-state index in [0.29, 0.717) is 17.9 Å². The molecule has 0 radical (unpaired) electrons. The van der Waals surface area contributed by atoms with Crippen LogP contribution in [0.1, 0.15) is 22.8 Å². The van der Waals surface area contributed by atoms with Gasteiger partial charge in [-0.2, -0.15) is 0 Å². The minimum atomic E-state index is -0.636. The van der Waals surface area contributed by atoms with E-state index < -0.39 is 11.7 Å². The van der Waals surface area contributed by atoms with Gasteiger partial charge >= 0.3 is 0 Å². The second-order valence-electron chi connectivity index (χ2n) is 6.09. The van der Waals surface area contributed by atoms with Crippen molar-refractivity contribution in [1.82, 2.24) is 0 Å². The number of carbonyl (C=O) groups is 2. The van der Waals surface area contributed by atoms with Crippen molar-refractivity contribution in [2.75, 3.05) is 10.2 Å². The molecule has 3 aromatic rings. The molecular formula is C22H19FN2O2. The van der Waals surface area contributed by atoms with Gasteiger partial charge in [0, 0.05) is 18.3 Å². The normalized spacial score (nSPS) is 10.3. The molecule has 1 N–H and O–H groups in total. The number of para-hydroxylation sites is 1. The molecule has 0 unspecified atom stereocenters. The van der Waals surface area contributed by atoms with Crippen LogP contribution in [-0.4, -0.2) is 11.8 Å². The van der Waals surface area contributed by atoms with E-state index in [1.165, 1.54) is 30.0 Å². The smallest absolute Gasteiger partial charge is 0.261 e. The fourth-order valence-corrected chi connectivity index (χ4v) is 2.77. The van der Waals surface area contributed by atoms with Gasteiger partial charge in [0.1, 0.15) is 5.82 Å². The van der Waals surface area contributed by atoms with Gasteiger partial charge in [-0.3, -0.25) is 9.59 Å². The summed E-state index contributed by atoms with van der Waals surface area (Å²) >= 11 is 0. The average molecular weight is 362 g/mol. The van der Waals surface area contributed by atoms with Crippen LogP contribution >= 0.6 is 0 Å². The first-order chi connectivity index (χ1) is 13.0. The molecule has 0 heterocycles. The largest absolute Gasteiger partial charge is 0.326 e. The molecule has 0 saturated heterocycles. The molecule has 0 saturated carbocycles. The molecule has 0 bridgehead atoms. The lowest BCUT2D eigenvalue weighted by atomic mass is 10.1. The van der Waals surface area contributed by atoms with Crippen LogP contribution in [0.3, 0.4) is 0 Å². The standard InChI is InChI=1S/C22H19FN2O2/c1-16(26)24-18-12-13-21(23)20(14-18)22(27)25(19-10-6-3-7-11-19)15-17-8-4-2-5-9-17/h2-14H,15H2,1H3,(H,24,26). The fraction of sp³-hybridized carbons (Fsp3) is 0.0909. The van der Waals surface area contributed by atoms with Crippen molar-refractivity contribution in [2.24, 2.45) is 0 Å². The molecule has 136 valence electrons. The summed E-state index contributed by atoms with van der Waals surface area (Å²) in [5.74, 6) is -1.40. The topological polar surface area (TPSA) is 49.4 Å². The summed E-state index contributed by atoms with van der Waals surface area (Å²) in [6.45, 7) is 1.66. The minimum Gasteiger partial charge on any atom is -0.326 e. The quantitative estimate of drug-likeness (QED) is 0.719. The first-order valence-electron chi connectivity index (χ1n) is 8.52. The van der Waals surface area contributed by atoms with Gasteiger partial charge in [-0.15, -0.1) is 0 Å². The number of nitrogens with one attached hydrogen (secondary N) is 1. The first-order valence-corrected chi connectivity index (χ1v) is 8.52. The molecule has 0 fully saturated rings. The van der Waals surface area contributed by atoms with E-state index >= 15 is 0 Å². The van der Waals surface area contributed by atoms with Crippen LogP contribution in [0.4, 0.5) is 15.8 Å². The van der Waals surface area contributed by atoms with E-state index in [1.54, 1.807) is 12.1 Å². The third-order valence-corrected chi connectivity index (χ3v) is 4.01. The molecule has 0 aliphatic carbocycles. The SMILES string of the molecule is CC(=O)Nc1ccc(F)c(C(=O)N(Cc2ccccc2)c2ccccc2)c1. The lowest BCUT2D eigenvalue weighted by Gasteiger charge is -2.23. The summed E-state index contributed by atoms with van der Waals surface area (Å²) in [6.07, 6.45) is 0.